The van der Waals surface area contributed by atoms with Gasteiger partial charge in [0.1, 0.15) is 13.2 Å². The molecule has 82 heavy (non-hydrogen) atoms. The number of allylic oxidation sites excluding steroid dienone is 18. The van der Waals surface area contributed by atoms with Crippen molar-refractivity contribution >= 4 is 17.9 Å². The van der Waals surface area contributed by atoms with Crippen molar-refractivity contribution in [2.75, 3.05) is 13.2 Å². The predicted molar refractivity (Wildman–Crippen MR) is 357 cm³/mol. The topological polar surface area (TPSA) is 78.9 Å². The minimum absolute atomic E-state index is 0.0918. The van der Waals surface area contributed by atoms with Crippen LogP contribution in [0.3, 0.4) is 0 Å². The van der Waals surface area contributed by atoms with Crippen LogP contribution in [-0.4, -0.2) is 37.2 Å². The molecule has 0 aliphatic carbocycles. The minimum atomic E-state index is -0.801. The smallest absolute Gasteiger partial charge is 0.306 e. The van der Waals surface area contributed by atoms with Crippen LogP contribution >= 0.6 is 0 Å². The first-order valence-corrected chi connectivity index (χ1v) is 34.9. The number of esters is 3. The Kier molecular flexibility index (Phi) is 66.2. The lowest BCUT2D eigenvalue weighted by Crippen LogP contribution is -2.30. The SMILES string of the molecule is CC/C=C\C/C=C\C/C=C\C/C=C\C/C=C\C/C=C\C/C=C\C/C=C\C/C=C\CCCC(=O)OCC(COC(=O)CCCCCCCCCCCCCCCCCC)OC(=O)CCCCCCCCCCCCCCCCCCCCC. The molecule has 0 spiro atoms. The first-order valence-electron chi connectivity index (χ1n) is 34.9. The summed E-state index contributed by atoms with van der Waals surface area (Å²) in [5.74, 6) is -0.937. The standard InChI is InChI=1S/C76H130O6/c1-4-7-10-13-16-19-22-25-28-31-33-34-35-36-37-38-39-40-41-42-44-45-48-51-54-57-60-63-66-69-75(78)81-72-73(71-80-74(77)68-65-62-59-56-53-50-47-30-27-24-21-18-15-12-9-6-3)82-76(79)70-67-64-61-58-55-52-49-46-43-32-29-26-23-20-17-14-11-8-5-2/h7,10,16,19,25,28,33-34,36-37,39-40,42,44,48,51,57,60,73H,4-6,8-9,11-15,17-18,20-24,26-27,29-32,35,38,41,43,45-47,49-50,52-56,58-59,61-72H2,1-3H3/b10-7-,19-16-,28-25-,34-33-,37-36-,40-39-,44-42-,51-48-,60-57-. The third-order valence-electron chi connectivity index (χ3n) is 15.0. The molecule has 0 aromatic heterocycles. The fraction of sp³-hybridized carbons (Fsp3) is 0.724. The molecular weight excluding hydrogens is 1010 g/mol. The molecule has 0 bridgehead atoms. The van der Waals surface area contributed by atoms with Gasteiger partial charge in [-0.1, -0.05) is 342 Å². The highest BCUT2D eigenvalue weighted by Crippen LogP contribution is 2.17. The summed E-state index contributed by atoms with van der Waals surface area (Å²) >= 11 is 0. The van der Waals surface area contributed by atoms with E-state index in [1.165, 1.54) is 186 Å². The van der Waals surface area contributed by atoms with Crippen molar-refractivity contribution in [3.8, 4) is 0 Å². The van der Waals surface area contributed by atoms with Crippen LogP contribution in [0.1, 0.15) is 335 Å². The third kappa shape index (κ3) is 66.9. The highest BCUT2D eigenvalue weighted by atomic mass is 16.6. The Bertz CT molecular complexity index is 1640. The molecule has 0 amide bonds. The molecule has 0 N–H and O–H groups in total. The van der Waals surface area contributed by atoms with E-state index in [0.29, 0.717) is 19.3 Å². The van der Waals surface area contributed by atoms with Crippen LogP contribution in [-0.2, 0) is 28.6 Å². The van der Waals surface area contributed by atoms with Crippen LogP contribution in [0.5, 0.6) is 0 Å². The van der Waals surface area contributed by atoms with Gasteiger partial charge in [-0.05, 0) is 83.5 Å². The van der Waals surface area contributed by atoms with Gasteiger partial charge in [0.15, 0.2) is 6.10 Å². The number of hydrogen-bond acceptors (Lipinski definition) is 6. The molecule has 0 aliphatic heterocycles. The molecule has 0 saturated heterocycles. The van der Waals surface area contributed by atoms with Crippen molar-refractivity contribution in [2.24, 2.45) is 0 Å². The number of carbonyl (C=O) groups excluding carboxylic acids is 3. The van der Waals surface area contributed by atoms with Crippen molar-refractivity contribution in [1.82, 2.24) is 0 Å². The van der Waals surface area contributed by atoms with Crippen molar-refractivity contribution in [2.45, 2.75) is 341 Å². The van der Waals surface area contributed by atoms with Crippen molar-refractivity contribution in [3.63, 3.8) is 0 Å². The maximum Gasteiger partial charge on any atom is 0.306 e. The van der Waals surface area contributed by atoms with Crippen LogP contribution in [0.15, 0.2) is 109 Å². The molecule has 0 aromatic rings. The number of unbranched alkanes of at least 4 members (excludes halogenated alkanes) is 34. The molecule has 1 unspecified atom stereocenters. The Morgan fingerprint density at radius 1 is 0.256 bits per heavy atom. The van der Waals surface area contributed by atoms with Crippen LogP contribution in [0, 0.1) is 0 Å². The molecule has 470 valence electrons. The van der Waals surface area contributed by atoms with E-state index in [2.05, 4.69) is 130 Å². The van der Waals surface area contributed by atoms with Gasteiger partial charge in [0.05, 0.1) is 0 Å². The van der Waals surface area contributed by atoms with Crippen molar-refractivity contribution in [1.29, 1.82) is 0 Å². The van der Waals surface area contributed by atoms with Gasteiger partial charge in [0, 0.05) is 19.3 Å². The molecule has 0 fully saturated rings. The van der Waals surface area contributed by atoms with E-state index in [9.17, 15) is 14.4 Å². The second-order valence-electron chi connectivity index (χ2n) is 23.1. The minimum Gasteiger partial charge on any atom is -0.462 e. The molecule has 0 radical (unpaired) electrons. The molecule has 1 atom stereocenters. The van der Waals surface area contributed by atoms with Crippen molar-refractivity contribution < 1.29 is 28.6 Å². The van der Waals surface area contributed by atoms with Gasteiger partial charge in [-0.3, -0.25) is 14.4 Å². The first-order chi connectivity index (χ1) is 40.5. The zero-order valence-corrected chi connectivity index (χ0v) is 54.0. The second-order valence-corrected chi connectivity index (χ2v) is 23.1. The van der Waals surface area contributed by atoms with Gasteiger partial charge in [-0.2, -0.15) is 0 Å². The summed E-state index contributed by atoms with van der Waals surface area (Å²) in [6.07, 6.45) is 95.4. The number of carbonyl (C=O) groups is 3. The third-order valence-corrected chi connectivity index (χ3v) is 15.0. The normalized spacial score (nSPS) is 12.8. The number of rotatable bonds is 63. The summed E-state index contributed by atoms with van der Waals surface area (Å²) in [5, 5.41) is 0. The van der Waals surface area contributed by atoms with Gasteiger partial charge >= 0.3 is 17.9 Å². The highest BCUT2D eigenvalue weighted by Gasteiger charge is 2.19. The van der Waals surface area contributed by atoms with Gasteiger partial charge < -0.3 is 14.2 Å². The zero-order chi connectivity index (χ0) is 59.2. The molecule has 0 saturated carbocycles. The van der Waals surface area contributed by atoms with Crippen molar-refractivity contribution in [3.05, 3.63) is 109 Å². The summed E-state index contributed by atoms with van der Waals surface area (Å²) in [7, 11) is 0. The molecule has 6 heteroatoms. The van der Waals surface area contributed by atoms with E-state index in [-0.39, 0.29) is 37.5 Å². The maximum atomic E-state index is 12.9. The number of hydrogen-bond donors (Lipinski definition) is 0. The Balaban J connectivity index is 4.43. The van der Waals surface area contributed by atoms with Gasteiger partial charge in [0.25, 0.3) is 0 Å². The lowest BCUT2D eigenvalue weighted by molar-refractivity contribution is -0.167. The Morgan fingerprint density at radius 3 is 0.744 bits per heavy atom. The van der Waals surface area contributed by atoms with E-state index in [1.54, 1.807) is 0 Å². The van der Waals surface area contributed by atoms with E-state index in [4.69, 9.17) is 14.2 Å². The maximum absolute atomic E-state index is 12.9. The van der Waals surface area contributed by atoms with Crippen LogP contribution in [0.25, 0.3) is 0 Å². The lowest BCUT2D eigenvalue weighted by Gasteiger charge is -2.18. The fourth-order valence-electron chi connectivity index (χ4n) is 9.86. The molecule has 0 aliphatic rings. The number of ether oxygens (including phenoxy) is 3. The second kappa shape index (κ2) is 69.6. The molecular formula is C76H130O6. The molecule has 0 rings (SSSR count). The largest absolute Gasteiger partial charge is 0.462 e. The van der Waals surface area contributed by atoms with E-state index in [1.807, 2.05) is 0 Å². The Hall–Kier alpha value is -3.93. The van der Waals surface area contributed by atoms with Gasteiger partial charge in [-0.25, -0.2) is 0 Å². The monoisotopic (exact) mass is 1140 g/mol. The fourth-order valence-corrected chi connectivity index (χ4v) is 9.86. The molecule has 6 nitrogen and oxygen atoms in total. The van der Waals surface area contributed by atoms with E-state index >= 15 is 0 Å². The van der Waals surface area contributed by atoms with E-state index in [0.717, 1.165) is 103 Å². The summed E-state index contributed by atoms with van der Waals surface area (Å²) < 4.78 is 16.9. The average Bonchev–Trinajstić information content (AvgIpc) is 3.47. The summed E-state index contributed by atoms with van der Waals surface area (Å²) in [6, 6.07) is 0. The van der Waals surface area contributed by atoms with Crippen LogP contribution < -0.4 is 0 Å². The first kappa shape index (κ1) is 78.1. The zero-order valence-electron chi connectivity index (χ0n) is 54.0. The highest BCUT2D eigenvalue weighted by molar-refractivity contribution is 5.71. The van der Waals surface area contributed by atoms with Gasteiger partial charge in [0.2, 0.25) is 0 Å². The van der Waals surface area contributed by atoms with Crippen LogP contribution in [0.4, 0.5) is 0 Å². The summed E-state index contributed by atoms with van der Waals surface area (Å²) in [5.41, 5.74) is 0. The quantitative estimate of drug-likeness (QED) is 0.0261. The predicted octanol–water partition coefficient (Wildman–Crippen LogP) is 24.2. The lowest BCUT2D eigenvalue weighted by atomic mass is 10.0. The van der Waals surface area contributed by atoms with E-state index < -0.39 is 6.10 Å². The molecule has 0 aromatic carbocycles. The molecule has 0 heterocycles. The average molecular weight is 1140 g/mol. The Morgan fingerprint density at radius 2 is 0.476 bits per heavy atom. The van der Waals surface area contributed by atoms with Crippen LogP contribution in [0.2, 0.25) is 0 Å². The summed E-state index contributed by atoms with van der Waals surface area (Å²) in [4.78, 5) is 38.4. The van der Waals surface area contributed by atoms with Gasteiger partial charge in [-0.15, -0.1) is 0 Å². The summed E-state index contributed by atoms with van der Waals surface area (Å²) in [6.45, 7) is 6.53. The Labute approximate surface area is 508 Å².